The molecule has 1 fully saturated rings. The highest BCUT2D eigenvalue weighted by Crippen LogP contribution is 2.56. The molecule has 18 heavy (non-hydrogen) atoms. The summed E-state index contributed by atoms with van der Waals surface area (Å²) in [4.78, 5) is 0. The van der Waals surface area contributed by atoms with E-state index in [0.29, 0.717) is 0 Å². The number of benzene rings is 1. The fourth-order valence-corrected chi connectivity index (χ4v) is 2.84. The van der Waals surface area contributed by atoms with Gasteiger partial charge >= 0.3 is 0 Å². The van der Waals surface area contributed by atoms with Gasteiger partial charge in [0, 0.05) is 18.7 Å². The van der Waals surface area contributed by atoms with Crippen LogP contribution >= 0.6 is 0 Å². The molecule has 0 radical (unpaired) electrons. The second-order valence-corrected chi connectivity index (χ2v) is 5.00. The molecule has 0 aliphatic heterocycles. The summed E-state index contributed by atoms with van der Waals surface area (Å²) in [5.41, 5.74) is 5.61. The van der Waals surface area contributed by atoms with Crippen molar-refractivity contribution in [2.45, 2.75) is 24.3 Å². The number of hydrogen-bond acceptors (Lipinski definition) is 3. The van der Waals surface area contributed by atoms with Gasteiger partial charge in [0.15, 0.2) is 0 Å². The average molecular weight is 242 g/mol. The molecule has 1 aromatic carbocycles. The lowest BCUT2D eigenvalue weighted by Gasteiger charge is -2.27. The Kier molecular flexibility index (Phi) is 2.69. The van der Waals surface area contributed by atoms with Crippen LogP contribution in [0.25, 0.3) is 0 Å². The monoisotopic (exact) mass is 242 g/mol. The summed E-state index contributed by atoms with van der Waals surface area (Å²) < 4.78 is 1.90. The predicted molar refractivity (Wildman–Crippen MR) is 70.6 cm³/mol. The fraction of sp³-hybridized carbons (Fsp3) is 0.357. The minimum absolute atomic E-state index is 0.118. The number of nitrogens with zero attached hydrogens (tertiary/aromatic N) is 2. The van der Waals surface area contributed by atoms with Gasteiger partial charge in [-0.05, 0) is 24.5 Å². The van der Waals surface area contributed by atoms with E-state index in [1.165, 1.54) is 5.56 Å². The normalized spacial score (nSPS) is 18.6. The molecule has 0 saturated heterocycles. The Morgan fingerprint density at radius 2 is 2.00 bits per heavy atom. The first-order valence-electron chi connectivity index (χ1n) is 6.27. The molecule has 1 aliphatic rings. The minimum Gasteiger partial charge on any atom is -0.271 e. The number of aryl methyl sites for hydroxylation is 1. The van der Waals surface area contributed by atoms with Crippen LogP contribution in [0.4, 0.5) is 0 Å². The van der Waals surface area contributed by atoms with Crippen LogP contribution in [-0.4, -0.2) is 9.78 Å². The summed E-state index contributed by atoms with van der Waals surface area (Å²) in [6.07, 6.45) is 4.15. The van der Waals surface area contributed by atoms with Crippen LogP contribution in [-0.2, 0) is 12.5 Å². The zero-order valence-corrected chi connectivity index (χ0v) is 10.5. The van der Waals surface area contributed by atoms with Gasteiger partial charge in [-0.3, -0.25) is 16.0 Å². The molecular formula is C14H18N4. The number of nitrogens with one attached hydrogen (secondary N) is 1. The molecular weight excluding hydrogens is 224 g/mol. The van der Waals surface area contributed by atoms with Crippen molar-refractivity contribution >= 4 is 0 Å². The predicted octanol–water partition coefficient (Wildman–Crippen LogP) is 1.66. The van der Waals surface area contributed by atoms with Gasteiger partial charge in [-0.1, -0.05) is 30.3 Å². The molecule has 2 aromatic rings. The summed E-state index contributed by atoms with van der Waals surface area (Å²) in [6.45, 7) is 0. The van der Waals surface area contributed by atoms with Crippen molar-refractivity contribution in [2.75, 3.05) is 0 Å². The van der Waals surface area contributed by atoms with Gasteiger partial charge < -0.3 is 0 Å². The van der Waals surface area contributed by atoms with Crippen LogP contribution in [0.1, 0.15) is 30.1 Å². The van der Waals surface area contributed by atoms with E-state index in [9.17, 15) is 0 Å². The second-order valence-electron chi connectivity index (χ2n) is 5.00. The van der Waals surface area contributed by atoms with Crippen LogP contribution in [0.15, 0.2) is 42.6 Å². The molecule has 0 bridgehead atoms. The van der Waals surface area contributed by atoms with Gasteiger partial charge in [-0.15, -0.1) is 0 Å². The highest BCUT2D eigenvalue weighted by molar-refractivity contribution is 5.36. The first kappa shape index (κ1) is 11.4. The van der Waals surface area contributed by atoms with Gasteiger partial charge in [-0.25, -0.2) is 0 Å². The SMILES string of the molecule is Cn1nccc1C(NN)C1(c2ccccc2)CC1. The molecule has 1 heterocycles. The smallest absolute Gasteiger partial charge is 0.0725 e. The van der Waals surface area contributed by atoms with Gasteiger partial charge in [0.25, 0.3) is 0 Å². The van der Waals surface area contributed by atoms with E-state index in [4.69, 9.17) is 5.84 Å². The summed E-state index contributed by atoms with van der Waals surface area (Å²) >= 11 is 0. The molecule has 1 atom stereocenters. The lowest BCUT2D eigenvalue weighted by Crippen LogP contribution is -2.38. The van der Waals surface area contributed by atoms with E-state index < -0.39 is 0 Å². The first-order valence-corrected chi connectivity index (χ1v) is 6.27. The number of nitrogens with two attached hydrogens (primary N) is 1. The topological polar surface area (TPSA) is 55.9 Å². The number of rotatable bonds is 4. The largest absolute Gasteiger partial charge is 0.271 e. The van der Waals surface area contributed by atoms with Crippen LogP contribution in [0.2, 0.25) is 0 Å². The summed E-state index contributed by atoms with van der Waals surface area (Å²) in [6, 6.07) is 12.8. The van der Waals surface area contributed by atoms with Gasteiger partial charge in [-0.2, -0.15) is 5.10 Å². The maximum absolute atomic E-state index is 5.81. The number of aromatic nitrogens is 2. The zero-order valence-electron chi connectivity index (χ0n) is 10.5. The van der Waals surface area contributed by atoms with E-state index in [1.54, 1.807) is 0 Å². The van der Waals surface area contributed by atoms with Crippen molar-refractivity contribution in [3.8, 4) is 0 Å². The van der Waals surface area contributed by atoms with Gasteiger partial charge in [0.2, 0.25) is 0 Å². The lowest BCUT2D eigenvalue weighted by molar-refractivity contribution is 0.413. The highest BCUT2D eigenvalue weighted by Gasteiger charge is 2.51. The van der Waals surface area contributed by atoms with Crippen LogP contribution in [0, 0.1) is 0 Å². The van der Waals surface area contributed by atoms with Crippen molar-refractivity contribution in [3.63, 3.8) is 0 Å². The fourth-order valence-electron chi connectivity index (χ4n) is 2.84. The Morgan fingerprint density at radius 3 is 2.50 bits per heavy atom. The van der Waals surface area contributed by atoms with Crippen molar-refractivity contribution in [1.82, 2.24) is 15.2 Å². The van der Waals surface area contributed by atoms with E-state index in [0.717, 1.165) is 18.5 Å². The molecule has 1 unspecified atom stereocenters. The van der Waals surface area contributed by atoms with Crippen molar-refractivity contribution in [2.24, 2.45) is 12.9 Å². The third kappa shape index (κ3) is 1.65. The third-order valence-corrected chi connectivity index (χ3v) is 4.01. The van der Waals surface area contributed by atoms with E-state index >= 15 is 0 Å². The molecule has 1 saturated carbocycles. The zero-order chi connectivity index (χ0) is 12.6. The Morgan fingerprint density at radius 1 is 1.28 bits per heavy atom. The van der Waals surface area contributed by atoms with Gasteiger partial charge in [0.1, 0.15) is 0 Å². The van der Waals surface area contributed by atoms with E-state index in [2.05, 4.69) is 40.9 Å². The molecule has 0 spiro atoms. The molecule has 0 amide bonds. The molecule has 3 rings (SSSR count). The molecule has 3 N–H and O–H groups in total. The van der Waals surface area contributed by atoms with E-state index in [1.807, 2.05) is 24.0 Å². The standard InChI is InChI=1S/C14H18N4/c1-18-12(7-10-16-18)13(17-15)14(8-9-14)11-5-3-2-4-6-11/h2-7,10,13,17H,8-9,15H2,1H3. The first-order chi connectivity index (χ1) is 8.78. The Balaban J connectivity index is 2.00. The molecule has 94 valence electrons. The van der Waals surface area contributed by atoms with Crippen molar-refractivity contribution < 1.29 is 0 Å². The minimum atomic E-state index is 0.118. The molecule has 1 aliphatic carbocycles. The van der Waals surface area contributed by atoms with Crippen LogP contribution < -0.4 is 11.3 Å². The lowest BCUT2D eigenvalue weighted by atomic mass is 9.86. The average Bonchev–Trinajstić information content (AvgIpc) is 3.10. The molecule has 4 heteroatoms. The summed E-state index contributed by atoms with van der Waals surface area (Å²) in [7, 11) is 1.96. The molecule has 1 aromatic heterocycles. The highest BCUT2D eigenvalue weighted by atomic mass is 15.3. The van der Waals surface area contributed by atoms with E-state index in [-0.39, 0.29) is 11.5 Å². The van der Waals surface area contributed by atoms with Crippen LogP contribution in [0.3, 0.4) is 0 Å². The Labute approximate surface area is 107 Å². The maximum atomic E-state index is 5.81. The summed E-state index contributed by atoms with van der Waals surface area (Å²) in [5.74, 6) is 5.81. The quantitative estimate of drug-likeness (QED) is 0.633. The van der Waals surface area contributed by atoms with Crippen molar-refractivity contribution in [1.29, 1.82) is 0 Å². The summed E-state index contributed by atoms with van der Waals surface area (Å²) in [5, 5.41) is 4.24. The Hall–Kier alpha value is -1.65. The maximum Gasteiger partial charge on any atom is 0.0725 e. The molecule has 4 nitrogen and oxygen atoms in total. The second kappa shape index (κ2) is 4.23. The number of hydrazine groups is 1. The van der Waals surface area contributed by atoms with Crippen LogP contribution in [0.5, 0.6) is 0 Å². The third-order valence-electron chi connectivity index (χ3n) is 4.01. The number of hydrogen-bond donors (Lipinski definition) is 2. The Bertz CT molecular complexity index is 528. The van der Waals surface area contributed by atoms with Gasteiger partial charge in [0.05, 0.1) is 11.7 Å². The van der Waals surface area contributed by atoms with Crippen molar-refractivity contribution in [3.05, 3.63) is 53.9 Å².